The monoisotopic (exact) mass is 368 g/mol. The lowest BCUT2D eigenvalue weighted by molar-refractivity contribution is 0.0951. The molecule has 0 saturated carbocycles. The summed E-state index contributed by atoms with van der Waals surface area (Å²) < 4.78 is 5.85. The minimum atomic E-state index is -0.201. The zero-order valence-corrected chi connectivity index (χ0v) is 13.7. The second-order valence-corrected chi connectivity index (χ2v) is 5.77. The van der Waals surface area contributed by atoms with Gasteiger partial charge in [-0.3, -0.25) is 4.79 Å². The number of nitrogen functional groups attached to an aromatic ring is 1. The topological polar surface area (TPSA) is 64.3 Å². The fourth-order valence-electron chi connectivity index (χ4n) is 1.86. The van der Waals surface area contributed by atoms with Gasteiger partial charge in [0.1, 0.15) is 5.75 Å². The molecule has 21 heavy (non-hydrogen) atoms. The second kappa shape index (κ2) is 6.83. The van der Waals surface area contributed by atoms with Crippen molar-refractivity contribution in [3.8, 4) is 5.75 Å². The molecule has 2 aromatic carbocycles. The Kier molecular flexibility index (Phi) is 5.09. The highest BCUT2D eigenvalue weighted by Crippen LogP contribution is 2.22. The minimum Gasteiger partial charge on any atom is -0.495 e. The highest BCUT2D eigenvalue weighted by Gasteiger charge is 2.08. The van der Waals surface area contributed by atoms with E-state index in [9.17, 15) is 4.79 Å². The van der Waals surface area contributed by atoms with Crippen molar-refractivity contribution >= 4 is 39.1 Å². The first-order valence-electron chi connectivity index (χ1n) is 6.16. The normalized spacial score (nSPS) is 10.2. The fraction of sp³-hybridized carbons (Fsp3) is 0.133. The molecule has 0 atom stereocenters. The van der Waals surface area contributed by atoms with Crippen molar-refractivity contribution < 1.29 is 9.53 Å². The van der Waals surface area contributed by atoms with Crippen LogP contribution in [-0.2, 0) is 6.54 Å². The van der Waals surface area contributed by atoms with Gasteiger partial charge in [-0.1, -0.05) is 33.6 Å². The smallest absolute Gasteiger partial charge is 0.251 e. The van der Waals surface area contributed by atoms with E-state index < -0.39 is 0 Å². The zero-order valence-electron chi connectivity index (χ0n) is 11.3. The van der Waals surface area contributed by atoms with Crippen molar-refractivity contribution in [2.75, 3.05) is 12.8 Å². The van der Waals surface area contributed by atoms with Gasteiger partial charge in [-0.25, -0.2) is 0 Å². The van der Waals surface area contributed by atoms with Crippen LogP contribution in [0, 0.1) is 0 Å². The van der Waals surface area contributed by atoms with Gasteiger partial charge < -0.3 is 15.8 Å². The third-order valence-electron chi connectivity index (χ3n) is 2.87. The van der Waals surface area contributed by atoms with E-state index in [-0.39, 0.29) is 5.91 Å². The number of hydrogen-bond acceptors (Lipinski definition) is 3. The number of carbonyl (C=O) groups excluding carboxylic acids is 1. The summed E-state index contributed by atoms with van der Waals surface area (Å²) in [7, 11) is 1.56. The molecule has 110 valence electrons. The molecule has 0 aromatic heterocycles. The summed E-state index contributed by atoms with van der Waals surface area (Å²) in [5.74, 6) is 0.413. The Morgan fingerprint density at radius 1 is 1.33 bits per heavy atom. The molecular formula is C15H14BrClN2O2. The van der Waals surface area contributed by atoms with Gasteiger partial charge in [-0.2, -0.15) is 0 Å². The Balaban J connectivity index is 2.05. The molecule has 2 rings (SSSR count). The summed E-state index contributed by atoms with van der Waals surface area (Å²) in [5.41, 5.74) is 7.75. The van der Waals surface area contributed by atoms with Crippen LogP contribution in [0.4, 0.5) is 5.69 Å². The summed E-state index contributed by atoms with van der Waals surface area (Å²) in [6, 6.07) is 10.4. The molecule has 0 aliphatic rings. The van der Waals surface area contributed by atoms with Crippen LogP contribution < -0.4 is 15.8 Å². The van der Waals surface area contributed by atoms with Crippen LogP contribution in [0.15, 0.2) is 40.9 Å². The van der Waals surface area contributed by atoms with Gasteiger partial charge in [0.05, 0.1) is 12.8 Å². The van der Waals surface area contributed by atoms with Crippen molar-refractivity contribution in [1.29, 1.82) is 0 Å². The molecule has 4 nitrogen and oxygen atoms in total. The molecule has 0 fully saturated rings. The van der Waals surface area contributed by atoms with Gasteiger partial charge in [0, 0.05) is 21.6 Å². The van der Waals surface area contributed by atoms with Gasteiger partial charge in [0.25, 0.3) is 5.91 Å². The highest BCUT2D eigenvalue weighted by molar-refractivity contribution is 9.10. The summed E-state index contributed by atoms with van der Waals surface area (Å²) in [6.45, 7) is 0.372. The van der Waals surface area contributed by atoms with Crippen LogP contribution in [-0.4, -0.2) is 13.0 Å². The average molecular weight is 370 g/mol. The van der Waals surface area contributed by atoms with E-state index in [1.165, 1.54) is 0 Å². The number of rotatable bonds is 4. The summed E-state index contributed by atoms with van der Waals surface area (Å²) in [4.78, 5) is 12.1. The number of benzene rings is 2. The van der Waals surface area contributed by atoms with Gasteiger partial charge in [0.2, 0.25) is 0 Å². The molecule has 6 heteroatoms. The van der Waals surface area contributed by atoms with E-state index in [0.29, 0.717) is 28.6 Å². The number of anilines is 1. The number of nitrogens with one attached hydrogen (secondary N) is 1. The molecule has 0 aliphatic heterocycles. The SMILES string of the molecule is COc1ccc(CNC(=O)c2cc(Cl)cc(Br)c2)cc1N. The molecule has 0 aliphatic carbocycles. The maximum absolute atomic E-state index is 12.1. The molecule has 0 radical (unpaired) electrons. The summed E-state index contributed by atoms with van der Waals surface area (Å²) in [5, 5.41) is 3.32. The Bertz CT molecular complexity index is 656. The van der Waals surface area contributed by atoms with Crippen LogP contribution in [0.1, 0.15) is 15.9 Å². The molecule has 1 amide bonds. The van der Waals surface area contributed by atoms with Gasteiger partial charge in [-0.05, 0) is 35.9 Å². The van der Waals surface area contributed by atoms with Crippen LogP contribution >= 0.6 is 27.5 Å². The van der Waals surface area contributed by atoms with Crippen molar-refractivity contribution in [3.63, 3.8) is 0 Å². The molecule has 0 spiro atoms. The predicted molar refractivity (Wildman–Crippen MR) is 87.7 cm³/mol. The average Bonchev–Trinajstić information content (AvgIpc) is 2.43. The van der Waals surface area contributed by atoms with E-state index in [1.807, 2.05) is 6.07 Å². The number of nitrogens with two attached hydrogens (primary N) is 1. The molecule has 0 saturated heterocycles. The largest absolute Gasteiger partial charge is 0.495 e. The predicted octanol–water partition coefficient (Wildman–Crippen LogP) is 3.62. The first-order valence-corrected chi connectivity index (χ1v) is 7.33. The maximum atomic E-state index is 12.1. The number of halogens is 2. The lowest BCUT2D eigenvalue weighted by atomic mass is 10.1. The van der Waals surface area contributed by atoms with Gasteiger partial charge in [-0.15, -0.1) is 0 Å². The van der Waals surface area contributed by atoms with Crippen molar-refractivity contribution in [2.45, 2.75) is 6.54 Å². The van der Waals surface area contributed by atoms with Crippen LogP contribution in [0.3, 0.4) is 0 Å². The maximum Gasteiger partial charge on any atom is 0.251 e. The Morgan fingerprint density at radius 3 is 2.71 bits per heavy atom. The van der Waals surface area contributed by atoms with Crippen molar-refractivity contribution in [3.05, 3.63) is 57.0 Å². The van der Waals surface area contributed by atoms with E-state index >= 15 is 0 Å². The van der Waals surface area contributed by atoms with E-state index in [0.717, 1.165) is 10.0 Å². The lowest BCUT2D eigenvalue weighted by Crippen LogP contribution is -2.22. The number of amides is 1. The van der Waals surface area contributed by atoms with Crippen LogP contribution in [0.25, 0.3) is 0 Å². The molecule has 2 aromatic rings. The van der Waals surface area contributed by atoms with Crippen molar-refractivity contribution in [2.24, 2.45) is 0 Å². The third-order valence-corrected chi connectivity index (χ3v) is 3.55. The second-order valence-electron chi connectivity index (χ2n) is 4.42. The first-order chi connectivity index (χ1) is 9.99. The Hall–Kier alpha value is -1.72. The van der Waals surface area contributed by atoms with E-state index in [1.54, 1.807) is 37.4 Å². The number of ether oxygens (including phenoxy) is 1. The summed E-state index contributed by atoms with van der Waals surface area (Å²) in [6.07, 6.45) is 0. The number of methoxy groups -OCH3 is 1. The van der Waals surface area contributed by atoms with Crippen LogP contribution in [0.2, 0.25) is 5.02 Å². The Labute approximate surface area is 136 Å². The number of hydrogen-bond donors (Lipinski definition) is 2. The highest BCUT2D eigenvalue weighted by atomic mass is 79.9. The minimum absolute atomic E-state index is 0.201. The third kappa shape index (κ3) is 4.12. The molecule has 3 N–H and O–H groups in total. The number of carbonyl (C=O) groups is 1. The fourth-order valence-corrected chi connectivity index (χ4v) is 2.72. The van der Waals surface area contributed by atoms with Crippen LogP contribution in [0.5, 0.6) is 5.75 Å². The van der Waals surface area contributed by atoms with E-state index in [2.05, 4.69) is 21.2 Å². The van der Waals surface area contributed by atoms with Crippen molar-refractivity contribution in [1.82, 2.24) is 5.32 Å². The zero-order chi connectivity index (χ0) is 15.4. The molecular weight excluding hydrogens is 356 g/mol. The van der Waals surface area contributed by atoms with Gasteiger partial charge in [0.15, 0.2) is 0 Å². The van der Waals surface area contributed by atoms with E-state index in [4.69, 9.17) is 22.1 Å². The molecule has 0 heterocycles. The standard InChI is InChI=1S/C15H14BrClN2O2/c1-21-14-3-2-9(4-13(14)18)8-19-15(20)10-5-11(16)7-12(17)6-10/h2-7H,8,18H2,1H3,(H,19,20). The van der Waals surface area contributed by atoms with Gasteiger partial charge >= 0.3 is 0 Å². The summed E-state index contributed by atoms with van der Waals surface area (Å²) >= 11 is 9.23. The quantitative estimate of drug-likeness (QED) is 0.809. The Morgan fingerprint density at radius 2 is 2.10 bits per heavy atom. The first kappa shape index (κ1) is 15.7. The molecule has 0 bridgehead atoms. The molecule has 0 unspecified atom stereocenters. The lowest BCUT2D eigenvalue weighted by Gasteiger charge is -2.09.